The number of benzene rings is 2. The minimum atomic E-state index is -1.30. The Balaban J connectivity index is 1.15. The van der Waals surface area contributed by atoms with Gasteiger partial charge in [0.05, 0.1) is 12.6 Å². The lowest BCUT2D eigenvalue weighted by Crippen LogP contribution is -2.60. The summed E-state index contributed by atoms with van der Waals surface area (Å²) in [6.45, 7) is 4.58. The number of carbonyl (C=O) groups excluding carboxylic acids is 7. The summed E-state index contributed by atoms with van der Waals surface area (Å²) < 4.78 is 4.23. The molecule has 3 fully saturated rings. The van der Waals surface area contributed by atoms with Crippen LogP contribution in [0.15, 0.2) is 54.6 Å². The molecule has 1 saturated heterocycles. The number of amides is 6. The van der Waals surface area contributed by atoms with Gasteiger partial charge in [-0.05, 0) is 68.6 Å². The van der Waals surface area contributed by atoms with Crippen LogP contribution in [0.1, 0.15) is 62.8 Å². The third kappa shape index (κ3) is 9.72. The maximum atomic E-state index is 14.6. The molecule has 4 aliphatic rings. The second-order valence-corrected chi connectivity index (χ2v) is 18.2. The molecular formula is C41H50Cl2N6O8. The first kappa shape index (κ1) is 41.9. The van der Waals surface area contributed by atoms with Gasteiger partial charge in [-0.1, -0.05) is 67.4 Å². The van der Waals surface area contributed by atoms with E-state index >= 15 is 0 Å². The molecule has 0 spiro atoms. The number of likely N-dealkylation sites (tertiary alicyclic amines) is 1. The smallest absolute Gasteiger partial charge is 0.408 e. The average molecular weight is 826 g/mol. The molecule has 306 valence electrons. The number of Topliss-reactive ketones (excluding diaryl/α,β-unsaturated/α-hetero) is 1. The Morgan fingerprint density at radius 2 is 1.51 bits per heavy atom. The van der Waals surface area contributed by atoms with Gasteiger partial charge in [-0.25, -0.2) is 4.79 Å². The molecule has 6 amide bonds. The summed E-state index contributed by atoms with van der Waals surface area (Å²) >= 11 is 13.3. The fourth-order valence-electron chi connectivity index (χ4n) is 7.94. The first-order chi connectivity index (χ1) is 26.9. The number of hydrogen-bond donors (Lipinski definition) is 4. The highest BCUT2D eigenvalue weighted by Crippen LogP contribution is 2.65. The van der Waals surface area contributed by atoms with Crippen molar-refractivity contribution in [1.29, 1.82) is 0 Å². The lowest BCUT2D eigenvalue weighted by Gasteiger charge is -2.35. The molecule has 6 rings (SSSR count). The van der Waals surface area contributed by atoms with Crippen molar-refractivity contribution < 1.29 is 38.3 Å². The molecular weight excluding hydrogens is 775 g/mol. The number of alkyl halides is 2. The van der Waals surface area contributed by atoms with Crippen molar-refractivity contribution in [2.24, 2.45) is 23.7 Å². The Morgan fingerprint density at radius 3 is 2.09 bits per heavy atom. The van der Waals surface area contributed by atoms with Crippen molar-refractivity contribution >= 4 is 64.6 Å². The highest BCUT2D eigenvalue weighted by molar-refractivity contribution is 6.51. The molecule has 57 heavy (non-hydrogen) atoms. The lowest BCUT2D eigenvalue weighted by molar-refractivity contribution is -0.144. The number of fused-ring (bicyclic) bond motifs is 2. The van der Waals surface area contributed by atoms with E-state index in [1.165, 1.54) is 9.80 Å². The van der Waals surface area contributed by atoms with Gasteiger partial charge in [0.25, 0.3) is 5.91 Å². The van der Waals surface area contributed by atoms with E-state index in [9.17, 15) is 33.6 Å². The number of carbonyl (C=O) groups is 7. The van der Waals surface area contributed by atoms with Crippen LogP contribution < -0.4 is 21.3 Å². The van der Waals surface area contributed by atoms with Gasteiger partial charge in [-0.3, -0.25) is 28.8 Å². The highest BCUT2D eigenvalue weighted by atomic mass is 35.5. The van der Waals surface area contributed by atoms with Gasteiger partial charge in [0.1, 0.15) is 28.1 Å². The van der Waals surface area contributed by atoms with Gasteiger partial charge < -0.3 is 35.8 Å². The Hall–Kier alpha value is -4.69. The van der Waals surface area contributed by atoms with Gasteiger partial charge in [-0.2, -0.15) is 0 Å². The molecule has 14 nitrogen and oxygen atoms in total. The number of hydrogen-bond acceptors (Lipinski definition) is 8. The number of ether oxygens (including phenoxy) is 1. The van der Waals surface area contributed by atoms with E-state index in [4.69, 9.17) is 27.9 Å². The summed E-state index contributed by atoms with van der Waals surface area (Å²) in [6, 6.07) is 11.8. The zero-order valence-electron chi connectivity index (χ0n) is 32.7. The number of halogens is 2. The van der Waals surface area contributed by atoms with Crippen molar-refractivity contribution in [1.82, 2.24) is 31.1 Å². The van der Waals surface area contributed by atoms with Gasteiger partial charge in [-0.15, -0.1) is 23.2 Å². The van der Waals surface area contributed by atoms with Crippen molar-refractivity contribution in [3.05, 3.63) is 71.3 Å². The fraction of sp³-hybridized carbons (Fsp3) is 0.537. The van der Waals surface area contributed by atoms with Crippen molar-refractivity contribution in [3.63, 3.8) is 0 Å². The first-order valence-corrected chi connectivity index (χ1v) is 20.0. The van der Waals surface area contributed by atoms with Crippen LogP contribution in [-0.4, -0.2) is 106 Å². The molecule has 4 N–H and O–H groups in total. The van der Waals surface area contributed by atoms with Crippen LogP contribution in [0.25, 0.3) is 0 Å². The summed E-state index contributed by atoms with van der Waals surface area (Å²) in [6.07, 6.45) is 2.02. The zero-order valence-corrected chi connectivity index (χ0v) is 34.2. The van der Waals surface area contributed by atoms with E-state index in [-0.39, 0.29) is 30.7 Å². The summed E-state index contributed by atoms with van der Waals surface area (Å²) in [5.41, 5.74) is 1.82. The fourth-order valence-corrected chi connectivity index (χ4v) is 8.77. The zero-order chi connectivity index (χ0) is 41.4. The summed E-state index contributed by atoms with van der Waals surface area (Å²) in [5, 5.41) is 10.5. The van der Waals surface area contributed by atoms with Crippen molar-refractivity contribution in [2.75, 3.05) is 27.2 Å². The molecule has 0 aromatic heterocycles. The highest BCUT2D eigenvalue weighted by Gasteiger charge is 2.74. The SMILES string of the molecule is CN(C)C(=O)[C@@H](NC(=O)CNC(=O)C(=O)C(CC1CC1)NC(=O)[C@@H]1C2C(CN1C(=O)C(NC(=O)OC(C)(C)C)C1Cc3ccccc3C1)C2(Cl)Cl)c1ccccc1. The van der Waals surface area contributed by atoms with Crippen LogP contribution in [0.5, 0.6) is 0 Å². The van der Waals surface area contributed by atoms with E-state index in [0.717, 1.165) is 24.0 Å². The van der Waals surface area contributed by atoms with Crippen molar-refractivity contribution in [3.8, 4) is 0 Å². The Kier molecular flexibility index (Phi) is 12.3. The lowest BCUT2D eigenvalue weighted by atomic mass is 9.94. The predicted molar refractivity (Wildman–Crippen MR) is 211 cm³/mol. The number of alkyl carbamates (subject to hydrolysis) is 1. The van der Waals surface area contributed by atoms with Gasteiger partial charge >= 0.3 is 6.09 Å². The molecule has 1 aliphatic heterocycles. The van der Waals surface area contributed by atoms with Crippen LogP contribution in [-0.2, 0) is 46.3 Å². The third-order valence-electron chi connectivity index (χ3n) is 11.0. The maximum absolute atomic E-state index is 14.6. The van der Waals surface area contributed by atoms with Gasteiger partial charge in [0.15, 0.2) is 0 Å². The largest absolute Gasteiger partial charge is 0.444 e. The van der Waals surface area contributed by atoms with Crippen LogP contribution in [0, 0.1) is 23.7 Å². The number of likely N-dealkylation sites (N-methyl/N-ethyl adjacent to an activating group) is 1. The topological polar surface area (TPSA) is 183 Å². The Bertz CT molecular complexity index is 1890. The molecule has 3 aliphatic carbocycles. The summed E-state index contributed by atoms with van der Waals surface area (Å²) in [7, 11) is 3.11. The molecule has 2 aromatic carbocycles. The van der Waals surface area contributed by atoms with Crippen LogP contribution >= 0.6 is 23.2 Å². The van der Waals surface area contributed by atoms with Crippen LogP contribution in [0.2, 0.25) is 0 Å². The van der Waals surface area contributed by atoms with E-state index in [1.807, 2.05) is 24.3 Å². The molecule has 4 unspecified atom stereocenters. The maximum Gasteiger partial charge on any atom is 0.408 e. The van der Waals surface area contributed by atoms with Gasteiger partial charge in [0.2, 0.25) is 29.4 Å². The number of piperidine rings is 1. The van der Waals surface area contributed by atoms with Crippen LogP contribution in [0.4, 0.5) is 4.79 Å². The first-order valence-electron chi connectivity index (χ1n) is 19.3. The second-order valence-electron chi connectivity index (χ2n) is 16.7. The summed E-state index contributed by atoms with van der Waals surface area (Å²) in [5.74, 6) is -5.73. The minimum Gasteiger partial charge on any atom is -0.444 e. The van der Waals surface area contributed by atoms with E-state index in [1.54, 1.807) is 65.2 Å². The minimum absolute atomic E-state index is 0.0396. The van der Waals surface area contributed by atoms with E-state index in [0.29, 0.717) is 18.4 Å². The van der Waals surface area contributed by atoms with Crippen molar-refractivity contribution in [2.45, 2.75) is 87.0 Å². The molecule has 1 heterocycles. The quantitative estimate of drug-likeness (QED) is 0.166. The molecule has 16 heteroatoms. The summed E-state index contributed by atoms with van der Waals surface area (Å²) in [4.78, 5) is 97.4. The number of rotatable bonds is 14. The molecule has 0 bridgehead atoms. The number of nitrogens with zero attached hydrogens (tertiary/aromatic N) is 2. The number of nitrogens with one attached hydrogen (secondary N) is 4. The normalized spacial score (nSPS) is 22.2. The Labute approximate surface area is 342 Å². The second kappa shape index (κ2) is 16.7. The van der Waals surface area contributed by atoms with E-state index in [2.05, 4.69) is 21.3 Å². The average Bonchev–Trinajstić information content (AvgIpc) is 3.91. The molecule has 2 saturated carbocycles. The molecule has 2 aromatic rings. The predicted octanol–water partition coefficient (Wildman–Crippen LogP) is 2.84. The number of ketones is 1. The van der Waals surface area contributed by atoms with E-state index < -0.39 is 88.0 Å². The third-order valence-corrected chi connectivity index (χ3v) is 12.1. The van der Waals surface area contributed by atoms with Gasteiger partial charge in [0, 0.05) is 32.5 Å². The Morgan fingerprint density at radius 1 is 0.895 bits per heavy atom. The molecule has 6 atom stereocenters. The van der Waals surface area contributed by atoms with Crippen LogP contribution in [0.3, 0.4) is 0 Å². The standard InChI is InChI=1S/C41H50Cl2N6O8/c1-40(2,3)57-39(56)47-32(26-18-24-13-9-10-14-25(24)19-26)38(55)49-21-27-30(41(27,42)43)33(49)35(52)45-28(17-22-15-16-22)34(51)36(53)44-20-29(50)46-31(37(54)48(4)5)23-11-7-6-8-12-23/h6-14,22,26-28,30-33H,15-21H2,1-5H3,(H,44,53)(H,45,52)(H,46,50)(H,47,56)/t27?,28?,30?,31-,32?,33-/m0/s1. The monoisotopic (exact) mass is 824 g/mol. The molecule has 0 radical (unpaired) electrons.